The molecule has 0 atom stereocenters. The van der Waals surface area contributed by atoms with E-state index in [1.807, 2.05) is 24.3 Å². The van der Waals surface area contributed by atoms with Gasteiger partial charge in [0.1, 0.15) is 5.69 Å². The third kappa shape index (κ3) is 3.05. The molecule has 5 rings (SSSR count). The van der Waals surface area contributed by atoms with Crippen molar-refractivity contribution in [2.24, 2.45) is 0 Å². The molecule has 0 radical (unpaired) electrons. The number of fused-ring (bicyclic) bond motifs is 3. The van der Waals surface area contributed by atoms with Gasteiger partial charge in [-0.1, -0.05) is 23.7 Å². The summed E-state index contributed by atoms with van der Waals surface area (Å²) >= 11 is 6.38. The zero-order chi connectivity index (χ0) is 19.8. The Labute approximate surface area is 168 Å². The lowest BCUT2D eigenvalue weighted by Crippen LogP contribution is -2.11. The molecule has 0 amide bonds. The van der Waals surface area contributed by atoms with Crippen LogP contribution in [-0.4, -0.2) is 29.5 Å². The van der Waals surface area contributed by atoms with Crippen LogP contribution in [0.15, 0.2) is 71.9 Å². The molecule has 140 valence electrons. The number of anilines is 2. The van der Waals surface area contributed by atoms with Gasteiger partial charge in [-0.25, -0.2) is 15.0 Å². The quantitative estimate of drug-likeness (QED) is 0.494. The fourth-order valence-electron chi connectivity index (χ4n) is 2.97. The van der Waals surface area contributed by atoms with Gasteiger partial charge in [-0.15, -0.1) is 5.10 Å². The molecular formula is C20H12ClN7O. The fourth-order valence-corrected chi connectivity index (χ4v) is 3.19. The van der Waals surface area contributed by atoms with Crippen LogP contribution in [0, 0.1) is 0 Å². The molecule has 0 aliphatic carbocycles. The lowest BCUT2D eigenvalue weighted by molar-refractivity contribution is 0.947. The van der Waals surface area contributed by atoms with E-state index in [0.29, 0.717) is 28.0 Å². The maximum absolute atomic E-state index is 12.2. The maximum atomic E-state index is 12.2. The number of halogens is 1. The summed E-state index contributed by atoms with van der Waals surface area (Å²) in [5.74, 6) is 0.808. The van der Waals surface area contributed by atoms with E-state index in [2.05, 4.69) is 30.4 Å². The molecule has 0 bridgehead atoms. The minimum absolute atomic E-state index is 0.260. The van der Waals surface area contributed by atoms with Crippen molar-refractivity contribution in [3.63, 3.8) is 0 Å². The van der Waals surface area contributed by atoms with Crippen LogP contribution < -0.4 is 10.9 Å². The first kappa shape index (κ1) is 17.2. The van der Waals surface area contributed by atoms with E-state index in [1.54, 1.807) is 41.2 Å². The van der Waals surface area contributed by atoms with Gasteiger partial charge in [-0.05, 0) is 36.4 Å². The van der Waals surface area contributed by atoms with Gasteiger partial charge < -0.3 is 5.32 Å². The van der Waals surface area contributed by atoms with Gasteiger partial charge in [0.2, 0.25) is 5.95 Å². The highest BCUT2D eigenvalue weighted by molar-refractivity contribution is 6.35. The molecule has 0 spiro atoms. The van der Waals surface area contributed by atoms with E-state index in [9.17, 15) is 4.79 Å². The fraction of sp³-hybridized carbons (Fsp3) is 0. The first-order valence-electron chi connectivity index (χ1n) is 8.68. The molecule has 0 aliphatic heterocycles. The lowest BCUT2D eigenvalue weighted by Gasteiger charge is -2.08. The van der Waals surface area contributed by atoms with Gasteiger partial charge in [0.05, 0.1) is 10.5 Å². The van der Waals surface area contributed by atoms with Gasteiger partial charge in [0.25, 0.3) is 5.56 Å². The first-order valence-corrected chi connectivity index (χ1v) is 9.06. The van der Waals surface area contributed by atoms with Crippen LogP contribution in [-0.2, 0) is 0 Å². The van der Waals surface area contributed by atoms with Crippen molar-refractivity contribution in [3.05, 3.63) is 82.5 Å². The van der Waals surface area contributed by atoms with Crippen molar-refractivity contribution < 1.29 is 0 Å². The highest BCUT2D eigenvalue weighted by Crippen LogP contribution is 2.28. The lowest BCUT2D eigenvalue weighted by atomic mass is 10.2. The molecule has 1 N–H and O–H groups in total. The molecule has 0 aliphatic rings. The Balaban J connectivity index is 1.80. The zero-order valence-electron chi connectivity index (χ0n) is 14.8. The van der Waals surface area contributed by atoms with Crippen molar-refractivity contribution in [1.29, 1.82) is 0 Å². The summed E-state index contributed by atoms with van der Waals surface area (Å²) in [6, 6.07) is 14.1. The number of rotatable bonds is 3. The van der Waals surface area contributed by atoms with E-state index in [-0.39, 0.29) is 5.69 Å². The Morgan fingerprint density at radius 3 is 2.66 bits per heavy atom. The van der Waals surface area contributed by atoms with E-state index >= 15 is 0 Å². The molecule has 29 heavy (non-hydrogen) atoms. The van der Waals surface area contributed by atoms with Crippen LogP contribution in [0.3, 0.4) is 0 Å². The number of nitrogens with one attached hydrogen (secondary N) is 1. The minimum Gasteiger partial charge on any atom is -0.319 e. The van der Waals surface area contributed by atoms with Crippen LogP contribution in [0.5, 0.6) is 0 Å². The maximum Gasteiger partial charge on any atom is 0.293 e. The van der Waals surface area contributed by atoms with Crippen molar-refractivity contribution in [2.75, 3.05) is 5.32 Å². The highest BCUT2D eigenvalue weighted by Gasteiger charge is 2.16. The second kappa shape index (κ2) is 6.92. The SMILES string of the molecule is O=c1nccccc1Nc1nc2c(Cl)cccc2c2nc(-c3ccncc3)nn12. The summed E-state index contributed by atoms with van der Waals surface area (Å²) in [6.07, 6.45) is 4.78. The number of benzene rings is 1. The Bertz CT molecular complexity index is 1420. The predicted molar refractivity (Wildman–Crippen MR) is 110 cm³/mol. The first-order chi connectivity index (χ1) is 14.2. The summed E-state index contributed by atoms with van der Waals surface area (Å²) in [7, 11) is 0. The molecule has 8 nitrogen and oxygen atoms in total. The van der Waals surface area contributed by atoms with Crippen LogP contribution in [0.4, 0.5) is 11.6 Å². The molecule has 0 saturated heterocycles. The van der Waals surface area contributed by atoms with Crippen LogP contribution >= 0.6 is 11.6 Å². The third-order valence-corrected chi connectivity index (χ3v) is 4.63. The Hall–Kier alpha value is -3.91. The van der Waals surface area contributed by atoms with E-state index in [0.717, 1.165) is 10.9 Å². The third-order valence-electron chi connectivity index (χ3n) is 4.32. The average molecular weight is 402 g/mol. The molecular weight excluding hydrogens is 390 g/mol. The monoisotopic (exact) mass is 401 g/mol. The number of pyridine rings is 1. The number of aromatic nitrogens is 6. The standard InChI is InChI=1S/C20H12ClN7O/c21-14-5-3-4-13-16(14)25-20(24-15-6-1-2-9-23-19(15)29)28-18(13)26-17(27-28)12-7-10-22-11-8-12/h1-11H,(H,23,24,25,29). The molecule has 5 aromatic rings. The Morgan fingerprint density at radius 1 is 0.931 bits per heavy atom. The molecule has 1 aromatic carbocycles. The van der Waals surface area contributed by atoms with Crippen LogP contribution in [0.2, 0.25) is 5.02 Å². The van der Waals surface area contributed by atoms with Gasteiger partial charge >= 0.3 is 0 Å². The van der Waals surface area contributed by atoms with E-state index in [1.165, 1.54) is 6.20 Å². The summed E-state index contributed by atoms with van der Waals surface area (Å²) < 4.78 is 1.56. The van der Waals surface area contributed by atoms with Crippen molar-refractivity contribution >= 4 is 39.8 Å². The highest BCUT2D eigenvalue weighted by atomic mass is 35.5. The summed E-state index contributed by atoms with van der Waals surface area (Å²) in [6.45, 7) is 0. The largest absolute Gasteiger partial charge is 0.319 e. The second-order valence-electron chi connectivity index (χ2n) is 6.15. The number of hydrogen-bond acceptors (Lipinski definition) is 7. The van der Waals surface area contributed by atoms with Gasteiger partial charge in [-0.3, -0.25) is 9.78 Å². The topological polar surface area (TPSA) is 98.0 Å². The smallest absolute Gasteiger partial charge is 0.293 e. The van der Waals surface area contributed by atoms with Crippen molar-refractivity contribution in [1.82, 2.24) is 29.5 Å². The van der Waals surface area contributed by atoms with Gasteiger partial charge in [0.15, 0.2) is 11.5 Å². The molecule has 0 saturated carbocycles. The van der Waals surface area contributed by atoms with Gasteiger partial charge in [0, 0.05) is 29.5 Å². The Morgan fingerprint density at radius 2 is 1.79 bits per heavy atom. The van der Waals surface area contributed by atoms with E-state index < -0.39 is 5.56 Å². The van der Waals surface area contributed by atoms with E-state index in [4.69, 9.17) is 11.6 Å². The van der Waals surface area contributed by atoms with Gasteiger partial charge in [-0.2, -0.15) is 4.52 Å². The Kier molecular flexibility index (Phi) is 4.10. The molecule has 9 heteroatoms. The number of hydrogen-bond donors (Lipinski definition) is 1. The molecule has 4 aromatic heterocycles. The number of nitrogens with zero attached hydrogens (tertiary/aromatic N) is 6. The molecule has 4 heterocycles. The normalized spacial score (nSPS) is 11.1. The summed E-state index contributed by atoms with van der Waals surface area (Å²) in [5, 5.41) is 8.83. The average Bonchev–Trinajstić information content (AvgIpc) is 3.10. The summed E-state index contributed by atoms with van der Waals surface area (Å²) in [4.78, 5) is 29.4. The van der Waals surface area contributed by atoms with Crippen LogP contribution in [0.1, 0.15) is 0 Å². The van der Waals surface area contributed by atoms with Crippen molar-refractivity contribution in [3.8, 4) is 11.4 Å². The molecule has 0 unspecified atom stereocenters. The summed E-state index contributed by atoms with van der Waals surface area (Å²) in [5.41, 5.74) is 1.77. The van der Waals surface area contributed by atoms with Crippen LogP contribution in [0.25, 0.3) is 27.9 Å². The van der Waals surface area contributed by atoms with Crippen molar-refractivity contribution in [2.45, 2.75) is 0 Å². The number of para-hydroxylation sites is 1. The molecule has 0 fully saturated rings. The zero-order valence-corrected chi connectivity index (χ0v) is 15.6. The predicted octanol–water partition coefficient (Wildman–Crippen LogP) is 3.49. The minimum atomic E-state index is -0.418. The second-order valence-corrected chi connectivity index (χ2v) is 6.56.